The first-order chi connectivity index (χ1) is 19.8. The van der Waals surface area contributed by atoms with Crippen LogP contribution in [0.25, 0.3) is 0 Å². The van der Waals surface area contributed by atoms with E-state index in [2.05, 4.69) is 14.9 Å². The number of carboxylic acids is 1. The maximum Gasteiger partial charge on any atom is 0.490 e. The molecule has 1 aliphatic heterocycles. The number of carbonyl (C=O) groups is 2. The highest BCUT2D eigenvalue weighted by Crippen LogP contribution is 2.28. The molecule has 1 aliphatic rings. The van der Waals surface area contributed by atoms with Gasteiger partial charge in [-0.15, -0.1) is 0 Å². The van der Waals surface area contributed by atoms with Crippen LogP contribution in [0.4, 0.5) is 24.5 Å². The number of hydrogen-bond donors (Lipinski definition) is 3. The third kappa shape index (κ3) is 8.85. The number of rotatable bonds is 8. The Kier molecular flexibility index (Phi) is 10.8. The van der Waals surface area contributed by atoms with Crippen molar-refractivity contribution in [2.75, 3.05) is 50.0 Å². The second-order valence-electron chi connectivity index (χ2n) is 9.20. The topological polar surface area (TPSA) is 128 Å². The van der Waals surface area contributed by atoms with E-state index in [1.54, 1.807) is 36.2 Å². The van der Waals surface area contributed by atoms with Crippen molar-refractivity contribution in [2.24, 2.45) is 0 Å². The SMILES string of the molecule is COc1cccc(S(=O)(=O)Nc2ccc(N3CCNCC3)c(C(=O)N(C)Cc3ccccc3)c2)c1.O=C(O)C(F)(F)F. The second-order valence-corrected chi connectivity index (χ2v) is 10.9. The fourth-order valence-corrected chi connectivity index (χ4v) is 5.15. The predicted molar refractivity (Wildman–Crippen MR) is 151 cm³/mol. The number of piperazine rings is 1. The highest BCUT2D eigenvalue weighted by atomic mass is 32.2. The molecule has 3 aromatic carbocycles. The number of carbonyl (C=O) groups excluding carboxylic acids is 1. The highest BCUT2D eigenvalue weighted by Gasteiger charge is 2.38. The summed E-state index contributed by atoms with van der Waals surface area (Å²) in [4.78, 5) is 26.4. The number of amides is 1. The Balaban J connectivity index is 0.000000616. The van der Waals surface area contributed by atoms with E-state index in [1.807, 2.05) is 36.4 Å². The Labute approximate surface area is 241 Å². The molecule has 226 valence electrons. The third-order valence-electron chi connectivity index (χ3n) is 6.14. The van der Waals surface area contributed by atoms with Crippen molar-refractivity contribution in [3.8, 4) is 5.75 Å². The molecule has 0 aromatic heterocycles. The summed E-state index contributed by atoms with van der Waals surface area (Å²) in [5.74, 6) is -2.49. The molecule has 0 aliphatic carbocycles. The average Bonchev–Trinajstić information content (AvgIpc) is 2.97. The molecule has 3 N–H and O–H groups in total. The summed E-state index contributed by atoms with van der Waals surface area (Å²) in [6.07, 6.45) is -5.08. The van der Waals surface area contributed by atoms with Gasteiger partial charge in [-0.2, -0.15) is 13.2 Å². The van der Waals surface area contributed by atoms with Crippen molar-refractivity contribution < 1.29 is 41.0 Å². The minimum Gasteiger partial charge on any atom is -0.497 e. The molecular weight excluding hydrogens is 577 g/mol. The summed E-state index contributed by atoms with van der Waals surface area (Å²) in [7, 11) is -0.636. The number of alkyl halides is 3. The molecule has 0 bridgehead atoms. The summed E-state index contributed by atoms with van der Waals surface area (Å²) in [6.45, 7) is 3.60. The van der Waals surface area contributed by atoms with E-state index in [9.17, 15) is 26.4 Å². The number of benzene rings is 3. The van der Waals surface area contributed by atoms with Gasteiger partial charge >= 0.3 is 12.1 Å². The van der Waals surface area contributed by atoms with Gasteiger partial charge in [-0.1, -0.05) is 36.4 Å². The van der Waals surface area contributed by atoms with Gasteiger partial charge in [0.2, 0.25) is 0 Å². The highest BCUT2D eigenvalue weighted by molar-refractivity contribution is 7.92. The molecule has 0 atom stereocenters. The fourth-order valence-electron chi connectivity index (χ4n) is 4.07. The smallest absolute Gasteiger partial charge is 0.490 e. The van der Waals surface area contributed by atoms with Gasteiger partial charge in [0, 0.05) is 57.2 Å². The Morgan fingerprint density at radius 3 is 2.26 bits per heavy atom. The first-order valence-electron chi connectivity index (χ1n) is 12.7. The van der Waals surface area contributed by atoms with Gasteiger partial charge in [-0.3, -0.25) is 9.52 Å². The summed E-state index contributed by atoms with van der Waals surface area (Å²) in [5, 5.41) is 10.4. The van der Waals surface area contributed by atoms with Gasteiger partial charge in [-0.05, 0) is 35.9 Å². The number of aliphatic carboxylic acids is 1. The van der Waals surface area contributed by atoms with Crippen molar-refractivity contribution in [1.29, 1.82) is 0 Å². The van der Waals surface area contributed by atoms with Crippen LogP contribution in [0.15, 0.2) is 77.7 Å². The minimum atomic E-state index is -5.08. The molecule has 10 nitrogen and oxygen atoms in total. The van der Waals surface area contributed by atoms with E-state index < -0.39 is 22.2 Å². The van der Waals surface area contributed by atoms with Crippen LogP contribution in [0.1, 0.15) is 15.9 Å². The van der Waals surface area contributed by atoms with Crippen LogP contribution in [0.2, 0.25) is 0 Å². The molecule has 1 saturated heterocycles. The molecule has 42 heavy (non-hydrogen) atoms. The van der Waals surface area contributed by atoms with E-state index in [0.29, 0.717) is 23.5 Å². The lowest BCUT2D eigenvalue weighted by Gasteiger charge is -2.32. The second kappa shape index (κ2) is 14.0. The number of nitrogens with one attached hydrogen (secondary N) is 2. The van der Waals surface area contributed by atoms with E-state index >= 15 is 0 Å². The van der Waals surface area contributed by atoms with E-state index in [0.717, 1.165) is 37.4 Å². The molecule has 3 aromatic rings. The number of hydrogen-bond acceptors (Lipinski definition) is 7. The number of carboxylic acid groups (broad SMARTS) is 1. The Bertz CT molecular complexity index is 1480. The normalized spacial score (nSPS) is 13.4. The number of nitrogens with zero attached hydrogens (tertiary/aromatic N) is 2. The van der Waals surface area contributed by atoms with Crippen molar-refractivity contribution in [3.05, 3.63) is 83.9 Å². The average molecular weight is 609 g/mol. The molecule has 0 spiro atoms. The molecule has 0 saturated carbocycles. The lowest BCUT2D eigenvalue weighted by molar-refractivity contribution is -0.192. The van der Waals surface area contributed by atoms with Gasteiger partial charge in [0.15, 0.2) is 0 Å². The largest absolute Gasteiger partial charge is 0.497 e. The molecule has 1 heterocycles. The number of halogens is 3. The standard InChI is InChI=1S/C26H30N4O4S.C2HF3O2/c1-29(19-20-7-4-3-5-8-20)26(31)24-17-21(11-12-25(24)30-15-13-27-14-16-30)28-35(32,33)23-10-6-9-22(18-23)34-2;3-2(4,5)1(6)7/h3-12,17-18,27-28H,13-16,19H2,1-2H3;(H,6,7). The summed E-state index contributed by atoms with van der Waals surface area (Å²) in [6, 6.07) is 21.2. The first-order valence-corrected chi connectivity index (χ1v) is 14.2. The summed E-state index contributed by atoms with van der Waals surface area (Å²) >= 11 is 0. The van der Waals surface area contributed by atoms with Gasteiger partial charge in [0.05, 0.1) is 17.6 Å². The maximum atomic E-state index is 13.6. The maximum absolute atomic E-state index is 13.6. The zero-order valence-corrected chi connectivity index (χ0v) is 23.7. The first kappa shape index (κ1) is 32.2. The number of methoxy groups -OCH3 is 1. The zero-order chi connectivity index (χ0) is 30.9. The van der Waals surface area contributed by atoms with Crippen molar-refractivity contribution in [1.82, 2.24) is 10.2 Å². The van der Waals surface area contributed by atoms with Gasteiger partial charge in [0.25, 0.3) is 15.9 Å². The molecule has 1 fully saturated rings. The van der Waals surface area contributed by atoms with E-state index in [4.69, 9.17) is 14.6 Å². The van der Waals surface area contributed by atoms with Crippen molar-refractivity contribution in [3.63, 3.8) is 0 Å². The Hall–Kier alpha value is -4.30. The van der Waals surface area contributed by atoms with Crippen LogP contribution < -0.4 is 19.7 Å². The van der Waals surface area contributed by atoms with Crippen molar-refractivity contribution in [2.45, 2.75) is 17.6 Å². The molecule has 1 amide bonds. The van der Waals surface area contributed by atoms with E-state index in [-0.39, 0.29) is 10.8 Å². The summed E-state index contributed by atoms with van der Waals surface area (Å²) < 4.78 is 65.6. The molecular formula is C28H31F3N4O6S. The van der Waals surface area contributed by atoms with Crippen LogP contribution in [0.3, 0.4) is 0 Å². The van der Waals surface area contributed by atoms with Crippen LogP contribution in [-0.4, -0.2) is 76.8 Å². The monoisotopic (exact) mass is 608 g/mol. The van der Waals surface area contributed by atoms with Crippen LogP contribution >= 0.6 is 0 Å². The molecule has 4 rings (SSSR count). The van der Waals surface area contributed by atoms with Crippen LogP contribution in [0.5, 0.6) is 5.75 Å². The Morgan fingerprint density at radius 1 is 1.02 bits per heavy atom. The summed E-state index contributed by atoms with van der Waals surface area (Å²) in [5.41, 5.74) is 2.59. The predicted octanol–water partition coefficient (Wildman–Crippen LogP) is 3.81. The van der Waals surface area contributed by atoms with Crippen molar-refractivity contribution >= 4 is 33.3 Å². The van der Waals surface area contributed by atoms with Crippen LogP contribution in [0, 0.1) is 0 Å². The molecule has 0 unspecified atom stereocenters. The minimum absolute atomic E-state index is 0.0807. The Morgan fingerprint density at radius 2 is 1.67 bits per heavy atom. The quantitative estimate of drug-likeness (QED) is 0.352. The van der Waals surface area contributed by atoms with Gasteiger partial charge in [-0.25, -0.2) is 13.2 Å². The van der Waals surface area contributed by atoms with E-state index in [1.165, 1.54) is 19.2 Å². The van der Waals surface area contributed by atoms with Gasteiger partial charge < -0.3 is 25.0 Å². The number of anilines is 2. The molecule has 0 radical (unpaired) electrons. The fraction of sp³-hybridized carbons (Fsp3) is 0.286. The van der Waals surface area contributed by atoms with Gasteiger partial charge in [0.1, 0.15) is 5.75 Å². The number of sulfonamides is 1. The third-order valence-corrected chi connectivity index (χ3v) is 7.52. The van der Waals surface area contributed by atoms with Crippen LogP contribution in [-0.2, 0) is 21.4 Å². The molecule has 14 heteroatoms. The zero-order valence-electron chi connectivity index (χ0n) is 22.9. The lowest BCUT2D eigenvalue weighted by Crippen LogP contribution is -2.44. The lowest BCUT2D eigenvalue weighted by atomic mass is 10.1. The number of ether oxygens (including phenoxy) is 1.